The van der Waals surface area contributed by atoms with Gasteiger partial charge in [0, 0.05) is 6.54 Å². The fraction of sp³-hybridized carbons (Fsp3) is 0.167. The molecule has 0 amide bonds. The van der Waals surface area contributed by atoms with Gasteiger partial charge >= 0.3 is 0 Å². The zero-order valence-electron chi connectivity index (χ0n) is 13.3. The molecule has 2 rings (SSSR count). The average Bonchev–Trinajstić information content (AvgIpc) is 2.59. The molecule has 25 heavy (non-hydrogen) atoms. The molecule has 0 aromatic heterocycles. The van der Waals surface area contributed by atoms with Gasteiger partial charge in [0.15, 0.2) is 4.91 Å². The molecule has 0 heterocycles. The third-order valence-corrected chi connectivity index (χ3v) is 5.15. The molecule has 2 aromatic carbocycles. The third-order valence-electron chi connectivity index (χ3n) is 3.45. The molecule has 0 atom stereocenters. The van der Waals surface area contributed by atoms with Crippen LogP contribution in [0.5, 0.6) is 5.75 Å². The minimum atomic E-state index is -3.92. The molecule has 0 unspecified atom stereocenters. The lowest BCUT2D eigenvalue weighted by atomic mass is 10.1. The fourth-order valence-electron chi connectivity index (χ4n) is 2.17. The van der Waals surface area contributed by atoms with Crippen LogP contribution in [0.1, 0.15) is 17.5 Å². The summed E-state index contributed by atoms with van der Waals surface area (Å²) in [5.74, 6) is -0.0393. The molecule has 0 bridgehead atoms. The maximum absolute atomic E-state index is 12.3. The third kappa shape index (κ3) is 5.61. The normalized spacial score (nSPS) is 11.9. The molecule has 0 aliphatic heterocycles. The average molecular weight is 377 g/mol. The van der Waals surface area contributed by atoms with Gasteiger partial charge < -0.3 is 5.11 Å². The number of hydrogen-bond acceptors (Lipinski definition) is 4. The van der Waals surface area contributed by atoms with Gasteiger partial charge in [-0.3, -0.25) is 0 Å². The number of nitrogens with zero attached hydrogens (tertiary/aromatic N) is 1. The molecule has 0 saturated heterocycles. The van der Waals surface area contributed by atoms with Gasteiger partial charge in [0.2, 0.25) is 0 Å². The highest BCUT2D eigenvalue weighted by atomic mass is 35.5. The van der Waals surface area contributed by atoms with Crippen molar-refractivity contribution in [1.82, 2.24) is 4.72 Å². The van der Waals surface area contributed by atoms with Crippen molar-refractivity contribution in [3.05, 3.63) is 69.6 Å². The molecular weight excluding hydrogens is 360 g/mol. The number of nitriles is 1. The van der Waals surface area contributed by atoms with Crippen LogP contribution in [0.2, 0.25) is 5.02 Å². The van der Waals surface area contributed by atoms with E-state index in [0.29, 0.717) is 12.0 Å². The highest BCUT2D eigenvalue weighted by molar-refractivity contribution is 7.93. The Balaban J connectivity index is 2.03. The van der Waals surface area contributed by atoms with E-state index in [0.717, 1.165) is 12.0 Å². The van der Waals surface area contributed by atoms with E-state index in [1.165, 1.54) is 24.3 Å². The minimum absolute atomic E-state index is 0.0393. The molecule has 0 aliphatic rings. The Morgan fingerprint density at radius 1 is 1.24 bits per heavy atom. The molecule has 0 spiro atoms. The largest absolute Gasteiger partial charge is 0.508 e. The van der Waals surface area contributed by atoms with Crippen molar-refractivity contribution >= 4 is 27.7 Å². The second kappa shape index (κ2) is 8.67. The number of sulfonamides is 1. The van der Waals surface area contributed by atoms with Crippen LogP contribution in [-0.2, 0) is 16.4 Å². The van der Waals surface area contributed by atoms with Crippen LogP contribution < -0.4 is 4.72 Å². The fourth-order valence-corrected chi connectivity index (χ4v) is 3.37. The Labute approximate surface area is 152 Å². The van der Waals surface area contributed by atoms with E-state index in [-0.39, 0.29) is 17.3 Å². The number of phenols is 1. The maximum Gasteiger partial charge on any atom is 0.250 e. The van der Waals surface area contributed by atoms with E-state index in [4.69, 9.17) is 11.6 Å². The van der Waals surface area contributed by atoms with Gasteiger partial charge in [-0.05, 0) is 48.2 Å². The zero-order chi connectivity index (χ0) is 18.3. The molecule has 130 valence electrons. The Bertz CT molecular complexity index is 904. The standard InChI is InChI=1S/C18H17ClN2O3S/c19-18-12-16(22)9-8-15(18)11-17(13-20)25(23,24)21-10-4-7-14-5-2-1-3-6-14/h1-3,5-6,8-9,11-12,21-22H,4,7,10H2/b17-11+. The smallest absolute Gasteiger partial charge is 0.250 e. The van der Waals surface area contributed by atoms with Gasteiger partial charge in [0.05, 0.1) is 5.02 Å². The monoisotopic (exact) mass is 376 g/mol. The van der Waals surface area contributed by atoms with Crippen molar-refractivity contribution in [3.63, 3.8) is 0 Å². The summed E-state index contributed by atoms with van der Waals surface area (Å²) >= 11 is 5.95. The Morgan fingerprint density at radius 2 is 1.96 bits per heavy atom. The summed E-state index contributed by atoms with van der Waals surface area (Å²) in [6.07, 6.45) is 2.53. The van der Waals surface area contributed by atoms with Crippen molar-refractivity contribution in [3.8, 4) is 11.8 Å². The minimum Gasteiger partial charge on any atom is -0.508 e. The van der Waals surface area contributed by atoms with Crippen molar-refractivity contribution < 1.29 is 13.5 Å². The molecule has 0 aliphatic carbocycles. The van der Waals surface area contributed by atoms with Gasteiger partial charge in [0.1, 0.15) is 11.8 Å². The van der Waals surface area contributed by atoms with Crippen molar-refractivity contribution in [1.29, 1.82) is 5.26 Å². The number of rotatable bonds is 7. The first-order valence-corrected chi connectivity index (χ1v) is 9.42. The first-order chi connectivity index (χ1) is 11.9. The van der Waals surface area contributed by atoms with E-state index < -0.39 is 14.9 Å². The second-order valence-electron chi connectivity index (χ2n) is 5.31. The van der Waals surface area contributed by atoms with E-state index in [9.17, 15) is 18.8 Å². The zero-order valence-corrected chi connectivity index (χ0v) is 14.9. The summed E-state index contributed by atoms with van der Waals surface area (Å²) in [7, 11) is -3.92. The Kier molecular flexibility index (Phi) is 6.59. The van der Waals surface area contributed by atoms with E-state index in [1.54, 1.807) is 6.07 Å². The number of benzene rings is 2. The molecule has 0 saturated carbocycles. The number of aryl methyl sites for hydroxylation is 1. The topological polar surface area (TPSA) is 90.2 Å². The van der Waals surface area contributed by atoms with E-state index in [2.05, 4.69) is 4.72 Å². The van der Waals surface area contributed by atoms with E-state index >= 15 is 0 Å². The van der Waals surface area contributed by atoms with Crippen LogP contribution in [0.15, 0.2) is 53.4 Å². The van der Waals surface area contributed by atoms with Crippen LogP contribution in [0.3, 0.4) is 0 Å². The summed E-state index contributed by atoms with van der Waals surface area (Å²) in [5.41, 5.74) is 1.46. The molecular formula is C18H17ClN2O3S. The summed E-state index contributed by atoms with van der Waals surface area (Å²) < 4.78 is 26.9. The van der Waals surface area contributed by atoms with Gasteiger partial charge in [-0.25, -0.2) is 13.1 Å². The van der Waals surface area contributed by atoms with Crippen LogP contribution in [0, 0.1) is 11.3 Å². The number of aromatic hydroxyl groups is 1. The van der Waals surface area contributed by atoms with Gasteiger partial charge in [0.25, 0.3) is 10.0 Å². The second-order valence-corrected chi connectivity index (χ2v) is 7.46. The predicted octanol–water partition coefficient (Wildman–Crippen LogP) is 3.46. The Hall–Kier alpha value is -2.33. The van der Waals surface area contributed by atoms with E-state index in [1.807, 2.05) is 30.3 Å². The quantitative estimate of drug-likeness (QED) is 0.572. The molecule has 0 fully saturated rings. The highest BCUT2D eigenvalue weighted by Gasteiger charge is 2.17. The van der Waals surface area contributed by atoms with Crippen molar-refractivity contribution in [2.75, 3.05) is 6.54 Å². The molecule has 0 radical (unpaired) electrons. The predicted molar refractivity (Wildman–Crippen MR) is 98.4 cm³/mol. The van der Waals surface area contributed by atoms with Crippen LogP contribution in [0.25, 0.3) is 6.08 Å². The highest BCUT2D eigenvalue weighted by Crippen LogP contribution is 2.24. The molecule has 7 heteroatoms. The number of phenolic OH excluding ortho intramolecular Hbond substituents is 1. The van der Waals surface area contributed by atoms with Gasteiger partial charge in [-0.15, -0.1) is 0 Å². The molecule has 2 aromatic rings. The number of allylic oxidation sites excluding steroid dienone is 1. The van der Waals surface area contributed by atoms with Crippen LogP contribution >= 0.6 is 11.6 Å². The lowest BCUT2D eigenvalue weighted by Crippen LogP contribution is -2.26. The lowest BCUT2D eigenvalue weighted by Gasteiger charge is -2.06. The van der Waals surface area contributed by atoms with Crippen LogP contribution in [0.4, 0.5) is 0 Å². The summed E-state index contributed by atoms with van der Waals surface area (Å²) in [6, 6.07) is 15.5. The van der Waals surface area contributed by atoms with Crippen molar-refractivity contribution in [2.45, 2.75) is 12.8 Å². The van der Waals surface area contributed by atoms with Crippen LogP contribution in [-0.4, -0.2) is 20.1 Å². The Morgan fingerprint density at radius 3 is 2.60 bits per heavy atom. The number of nitrogens with one attached hydrogen (secondary N) is 1. The summed E-state index contributed by atoms with van der Waals surface area (Å²) in [5, 5.41) is 18.7. The first-order valence-electron chi connectivity index (χ1n) is 7.56. The first kappa shape index (κ1) is 19.0. The lowest BCUT2D eigenvalue weighted by molar-refractivity contribution is 0.475. The van der Waals surface area contributed by atoms with Gasteiger partial charge in [-0.1, -0.05) is 41.9 Å². The molecule has 2 N–H and O–H groups in total. The SMILES string of the molecule is N#C/C(=C\c1ccc(O)cc1Cl)S(=O)(=O)NCCCc1ccccc1. The number of halogens is 1. The molecule has 5 nitrogen and oxygen atoms in total. The van der Waals surface area contributed by atoms with Crippen molar-refractivity contribution in [2.24, 2.45) is 0 Å². The maximum atomic E-state index is 12.3. The number of hydrogen-bond donors (Lipinski definition) is 2. The van der Waals surface area contributed by atoms with Gasteiger partial charge in [-0.2, -0.15) is 5.26 Å². The summed E-state index contributed by atoms with van der Waals surface area (Å²) in [6.45, 7) is 0.222. The summed E-state index contributed by atoms with van der Waals surface area (Å²) in [4.78, 5) is -0.431.